The fraction of sp³-hybridized carbons (Fsp3) is 0.500. The molecule has 1 aromatic rings. The van der Waals surface area contributed by atoms with Crippen LogP contribution in [0.25, 0.3) is 0 Å². The second-order valence-electron chi connectivity index (χ2n) is 5.74. The molecule has 0 heterocycles. The Morgan fingerprint density at radius 3 is 1.41 bits per heavy atom. The molecule has 17 heteroatoms. The average Bonchev–Trinajstić information content (AvgIpc) is 2.52. The van der Waals surface area contributed by atoms with Gasteiger partial charge in [-0.15, -0.1) is 10.3 Å². The predicted octanol–water partition coefficient (Wildman–Crippen LogP) is 5.00. The molecule has 0 N–H and O–H groups in total. The highest BCUT2D eigenvalue weighted by Gasteiger charge is 2.79. The molecule has 0 saturated carbocycles. The van der Waals surface area contributed by atoms with Crippen molar-refractivity contribution in [3.05, 3.63) is 34.6 Å². The smallest absolute Gasteiger partial charge is 0.215 e. The molecule has 170 valence electrons. The second-order valence-corrected chi connectivity index (χ2v) is 10.9. The number of hydrogen-bond acceptors (Lipinski definition) is 3. The van der Waals surface area contributed by atoms with Crippen LogP contribution in [0.5, 0.6) is 0 Å². The van der Waals surface area contributed by atoms with Crippen molar-refractivity contribution in [2.75, 3.05) is 12.5 Å². The molecule has 0 fully saturated rings. The first-order valence-electron chi connectivity index (χ1n) is 6.60. The van der Waals surface area contributed by atoms with E-state index < -0.39 is 78.2 Å². The van der Waals surface area contributed by atoms with Crippen molar-refractivity contribution in [1.29, 1.82) is 0 Å². The van der Waals surface area contributed by atoms with Crippen molar-refractivity contribution in [1.82, 2.24) is 0 Å². The van der Waals surface area contributed by atoms with Crippen LogP contribution in [0.15, 0.2) is 0 Å². The number of alkyl halides is 7. The van der Waals surface area contributed by atoms with Crippen molar-refractivity contribution in [2.24, 2.45) is 0 Å². The monoisotopic (exact) mass is 492 g/mol. The van der Waals surface area contributed by atoms with Gasteiger partial charge < -0.3 is 0 Å². The SMILES string of the molecule is CS(C)(Cc1c(F)c(F)c(F)c(F)c1F)OS(=O)(=O)C(F)(F)C(F)(F)C(F)(F)F. The highest BCUT2D eigenvalue weighted by Crippen LogP contribution is 2.55. The van der Waals surface area contributed by atoms with Gasteiger partial charge in [-0.25, -0.2) is 25.6 Å². The summed E-state index contributed by atoms with van der Waals surface area (Å²) in [5, 5.41) is -6.88. The van der Waals surface area contributed by atoms with Gasteiger partial charge in [-0.2, -0.15) is 39.2 Å². The van der Waals surface area contributed by atoms with E-state index >= 15 is 0 Å². The number of benzene rings is 1. The Hall–Kier alpha value is -1.36. The van der Waals surface area contributed by atoms with Crippen molar-refractivity contribution in [3.63, 3.8) is 0 Å². The first-order chi connectivity index (χ1) is 12.6. The Morgan fingerprint density at radius 2 is 1.07 bits per heavy atom. The van der Waals surface area contributed by atoms with Gasteiger partial charge in [0.05, 0.1) is 0 Å². The van der Waals surface area contributed by atoms with Crippen molar-refractivity contribution in [2.45, 2.75) is 23.1 Å². The number of hydrogen-bond donors (Lipinski definition) is 0. The van der Waals surface area contributed by atoms with Crippen LogP contribution < -0.4 is 0 Å². The third kappa shape index (κ3) is 4.40. The van der Waals surface area contributed by atoms with Crippen molar-refractivity contribution < 1.29 is 64.7 Å². The summed E-state index contributed by atoms with van der Waals surface area (Å²) in [5.74, 6) is -21.4. The van der Waals surface area contributed by atoms with Crippen LogP contribution in [0.1, 0.15) is 5.56 Å². The van der Waals surface area contributed by atoms with Gasteiger partial charge in [-0.1, -0.05) is 0 Å². The van der Waals surface area contributed by atoms with Gasteiger partial charge in [0.25, 0.3) is 0 Å². The molecule has 29 heavy (non-hydrogen) atoms. The van der Waals surface area contributed by atoms with Gasteiger partial charge in [-0.05, 0) is 12.5 Å². The number of halogens is 12. The van der Waals surface area contributed by atoms with Gasteiger partial charge in [-0.3, -0.25) is 0 Å². The maximum Gasteiger partial charge on any atom is 0.461 e. The van der Waals surface area contributed by atoms with Crippen molar-refractivity contribution in [3.8, 4) is 0 Å². The highest BCUT2D eigenvalue weighted by atomic mass is 32.3. The summed E-state index contributed by atoms with van der Waals surface area (Å²) in [7, 11) is -11.1. The molecule has 1 rings (SSSR count). The van der Waals surface area contributed by atoms with Crippen molar-refractivity contribution >= 4 is 20.4 Å². The lowest BCUT2D eigenvalue weighted by Crippen LogP contribution is -2.56. The van der Waals surface area contributed by atoms with Gasteiger partial charge in [0.1, 0.15) is 0 Å². The molecule has 0 radical (unpaired) electrons. The van der Waals surface area contributed by atoms with Crippen LogP contribution >= 0.6 is 10.3 Å². The molecule has 0 unspecified atom stereocenters. The summed E-state index contributed by atoms with van der Waals surface area (Å²) in [4.78, 5) is 0. The lowest BCUT2D eigenvalue weighted by Gasteiger charge is -2.34. The quantitative estimate of drug-likeness (QED) is 0.319. The largest absolute Gasteiger partial charge is 0.461 e. The average molecular weight is 492 g/mol. The first kappa shape index (κ1) is 25.7. The van der Waals surface area contributed by atoms with Gasteiger partial charge in [0.15, 0.2) is 23.3 Å². The van der Waals surface area contributed by atoms with E-state index in [4.69, 9.17) is 0 Å². The maximum atomic E-state index is 13.6. The van der Waals surface area contributed by atoms with Crippen LogP contribution in [0.2, 0.25) is 0 Å². The molecule has 0 amide bonds. The predicted molar refractivity (Wildman–Crippen MR) is 75.3 cm³/mol. The minimum absolute atomic E-state index is 0.435. The zero-order valence-corrected chi connectivity index (χ0v) is 15.4. The third-order valence-corrected chi connectivity index (χ3v) is 7.16. The molecule has 0 aliphatic heterocycles. The zero-order chi connectivity index (χ0) is 23.4. The van der Waals surface area contributed by atoms with E-state index in [9.17, 15) is 61.1 Å². The van der Waals surface area contributed by atoms with E-state index in [2.05, 4.69) is 3.63 Å². The summed E-state index contributed by atoms with van der Waals surface area (Å²) in [5.41, 5.74) is -1.75. The fourth-order valence-corrected chi connectivity index (χ4v) is 5.61. The van der Waals surface area contributed by atoms with E-state index in [-0.39, 0.29) is 0 Å². The van der Waals surface area contributed by atoms with Gasteiger partial charge >= 0.3 is 27.5 Å². The Balaban J connectivity index is 3.38. The third-order valence-electron chi connectivity index (χ3n) is 3.10. The highest BCUT2D eigenvalue weighted by molar-refractivity contribution is 8.31. The molecule has 1 aromatic carbocycles. The fourth-order valence-electron chi connectivity index (χ4n) is 1.76. The summed E-state index contributed by atoms with van der Waals surface area (Å²) in [6.45, 7) is 0. The standard InChI is InChI=1S/C12H8F12O3S2/c1-28(2,3-4-5(13)7(15)9(17)8(16)6(4)14)27-29(25,26)12(23,24)10(18,19)11(20,21)22/h3H2,1-2H3. The van der Waals surface area contributed by atoms with E-state index in [0.29, 0.717) is 12.5 Å². The van der Waals surface area contributed by atoms with E-state index in [1.165, 1.54) is 0 Å². The molecule has 3 nitrogen and oxygen atoms in total. The molecular weight excluding hydrogens is 484 g/mol. The van der Waals surface area contributed by atoms with Crippen LogP contribution in [0.3, 0.4) is 0 Å². The van der Waals surface area contributed by atoms with Crippen LogP contribution in [-0.2, 0) is 19.5 Å². The molecule has 0 aliphatic rings. The minimum Gasteiger partial charge on any atom is -0.215 e. The summed E-state index contributed by atoms with van der Waals surface area (Å²) in [6, 6.07) is 0. The second kappa shape index (κ2) is 7.40. The Labute approximate surface area is 156 Å². The first-order valence-corrected chi connectivity index (χ1v) is 10.5. The normalized spacial score (nSPS) is 15.0. The summed E-state index contributed by atoms with van der Waals surface area (Å²) < 4.78 is 182. The Morgan fingerprint density at radius 1 is 0.724 bits per heavy atom. The lowest BCUT2D eigenvalue weighted by molar-refractivity contribution is -0.333. The number of rotatable bonds is 6. The van der Waals surface area contributed by atoms with Crippen LogP contribution in [-0.4, -0.2) is 38.3 Å². The zero-order valence-electron chi connectivity index (χ0n) is 13.8. The molecular formula is C12H8F12O3S2. The topological polar surface area (TPSA) is 43.4 Å². The molecule has 0 aromatic heterocycles. The van der Waals surface area contributed by atoms with Crippen LogP contribution in [0, 0.1) is 29.1 Å². The Kier molecular flexibility index (Phi) is 6.55. The maximum absolute atomic E-state index is 13.6. The van der Waals surface area contributed by atoms with E-state index in [1.807, 2.05) is 0 Å². The summed E-state index contributed by atoms with van der Waals surface area (Å²) in [6.07, 6.45) is -6.16. The summed E-state index contributed by atoms with van der Waals surface area (Å²) >= 11 is 0. The van der Waals surface area contributed by atoms with E-state index in [1.54, 1.807) is 0 Å². The minimum atomic E-state index is -7.13. The van der Waals surface area contributed by atoms with Gasteiger partial charge in [0.2, 0.25) is 5.82 Å². The molecule has 0 saturated heterocycles. The molecule has 0 spiro atoms. The molecule has 0 aliphatic carbocycles. The van der Waals surface area contributed by atoms with E-state index in [0.717, 1.165) is 0 Å². The lowest BCUT2D eigenvalue weighted by atomic mass is 10.2. The van der Waals surface area contributed by atoms with Gasteiger partial charge in [0, 0.05) is 11.3 Å². The Bertz CT molecular complexity index is 879. The molecule has 0 bridgehead atoms. The van der Waals surface area contributed by atoms with Crippen LogP contribution in [0.4, 0.5) is 52.7 Å². The molecule has 0 atom stereocenters.